The summed E-state index contributed by atoms with van der Waals surface area (Å²) in [5.41, 5.74) is 3.64. The zero-order chi connectivity index (χ0) is 20.5. The number of carbonyl (C=O) groups excluding carboxylic acids is 1. The number of halogens is 2. The van der Waals surface area contributed by atoms with Crippen LogP contribution in [-0.2, 0) is 0 Å². The Morgan fingerprint density at radius 3 is 1.90 bits per heavy atom. The van der Waals surface area contributed by atoms with Gasteiger partial charge in [-0.3, -0.25) is 4.79 Å². The number of hydrogen-bond acceptors (Lipinski definition) is 3. The van der Waals surface area contributed by atoms with E-state index < -0.39 is 0 Å². The third-order valence-electron chi connectivity index (χ3n) is 5.34. The number of amides is 1. The van der Waals surface area contributed by atoms with Crippen molar-refractivity contribution in [2.75, 3.05) is 31.1 Å². The van der Waals surface area contributed by atoms with E-state index in [4.69, 9.17) is 0 Å². The van der Waals surface area contributed by atoms with Crippen LogP contribution in [0.5, 0.6) is 0 Å². The van der Waals surface area contributed by atoms with E-state index in [-0.39, 0.29) is 17.5 Å². The second-order valence-corrected chi connectivity index (χ2v) is 7.19. The largest absolute Gasteiger partial charge is 0.368 e. The lowest BCUT2D eigenvalue weighted by Crippen LogP contribution is -2.49. The first-order chi connectivity index (χ1) is 13.9. The summed E-state index contributed by atoms with van der Waals surface area (Å²) in [6.07, 6.45) is 0. The van der Waals surface area contributed by atoms with Crippen LogP contribution >= 0.6 is 0 Å². The number of carbonyl (C=O) groups is 1. The van der Waals surface area contributed by atoms with Gasteiger partial charge in [0.25, 0.3) is 5.91 Å². The molecule has 7 heteroatoms. The molecule has 3 aromatic rings. The molecular formula is C22H22F2N4O. The number of anilines is 1. The molecule has 0 atom stereocenters. The van der Waals surface area contributed by atoms with Gasteiger partial charge in [0.15, 0.2) is 0 Å². The SMILES string of the molecule is Cc1nn(-c2ccc(F)cc2)c(C)c1C(=O)N1CCN(c2ccc(F)cc2)CC1. The summed E-state index contributed by atoms with van der Waals surface area (Å²) >= 11 is 0. The van der Waals surface area contributed by atoms with Crippen molar-refractivity contribution in [1.29, 1.82) is 0 Å². The van der Waals surface area contributed by atoms with E-state index in [0.717, 1.165) is 11.4 Å². The minimum absolute atomic E-state index is 0.0490. The second-order valence-electron chi connectivity index (χ2n) is 7.19. The molecular weight excluding hydrogens is 374 g/mol. The Labute approximate surface area is 168 Å². The van der Waals surface area contributed by atoms with Gasteiger partial charge in [0, 0.05) is 31.9 Å². The summed E-state index contributed by atoms with van der Waals surface area (Å²) in [5.74, 6) is -0.621. The normalized spacial score (nSPS) is 14.3. The van der Waals surface area contributed by atoms with Crippen LogP contribution in [-0.4, -0.2) is 46.8 Å². The maximum Gasteiger partial charge on any atom is 0.257 e. The highest BCUT2D eigenvalue weighted by Crippen LogP contribution is 2.22. The van der Waals surface area contributed by atoms with E-state index in [9.17, 15) is 13.6 Å². The van der Waals surface area contributed by atoms with Crippen molar-refractivity contribution in [2.24, 2.45) is 0 Å². The molecule has 1 aliphatic heterocycles. The fourth-order valence-corrected chi connectivity index (χ4v) is 3.76. The Bertz CT molecular complexity index is 1020. The molecule has 2 heterocycles. The standard InChI is InChI=1S/C22H22F2N4O/c1-15-21(16(2)28(25-15)20-9-5-18(24)6-10-20)22(29)27-13-11-26(12-14-27)19-7-3-17(23)4-8-19/h3-10H,11-14H2,1-2H3. The molecule has 5 nitrogen and oxygen atoms in total. The first kappa shape index (κ1) is 19.1. The Balaban J connectivity index is 1.50. The molecule has 0 unspecified atom stereocenters. The number of piperazine rings is 1. The Morgan fingerprint density at radius 1 is 0.828 bits per heavy atom. The Kier molecular flexibility index (Phi) is 5.05. The van der Waals surface area contributed by atoms with Gasteiger partial charge in [0.2, 0.25) is 0 Å². The molecule has 150 valence electrons. The molecule has 1 aromatic heterocycles. The predicted octanol–water partition coefficient (Wildman–Crippen LogP) is 3.73. The number of hydrogen-bond donors (Lipinski definition) is 0. The fraction of sp³-hybridized carbons (Fsp3) is 0.273. The number of aryl methyl sites for hydroxylation is 1. The molecule has 0 bridgehead atoms. The van der Waals surface area contributed by atoms with E-state index >= 15 is 0 Å². The predicted molar refractivity (Wildman–Crippen MR) is 108 cm³/mol. The first-order valence-corrected chi connectivity index (χ1v) is 9.56. The molecule has 1 aliphatic rings. The topological polar surface area (TPSA) is 41.4 Å². The van der Waals surface area contributed by atoms with E-state index in [1.807, 2.05) is 18.7 Å². The van der Waals surface area contributed by atoms with Gasteiger partial charge >= 0.3 is 0 Å². The van der Waals surface area contributed by atoms with Gasteiger partial charge in [-0.15, -0.1) is 0 Å². The van der Waals surface area contributed by atoms with Crippen LogP contribution in [0.15, 0.2) is 48.5 Å². The number of benzene rings is 2. The highest BCUT2D eigenvalue weighted by Gasteiger charge is 2.27. The lowest BCUT2D eigenvalue weighted by molar-refractivity contribution is 0.0745. The summed E-state index contributed by atoms with van der Waals surface area (Å²) in [4.78, 5) is 17.1. The van der Waals surface area contributed by atoms with Gasteiger partial charge in [-0.2, -0.15) is 5.10 Å². The molecule has 0 saturated carbocycles. The zero-order valence-electron chi connectivity index (χ0n) is 16.4. The van der Waals surface area contributed by atoms with Crippen molar-refractivity contribution in [1.82, 2.24) is 14.7 Å². The van der Waals surface area contributed by atoms with Crippen LogP contribution in [0.25, 0.3) is 5.69 Å². The smallest absolute Gasteiger partial charge is 0.257 e. The average molecular weight is 396 g/mol. The van der Waals surface area contributed by atoms with Crippen molar-refractivity contribution in [2.45, 2.75) is 13.8 Å². The number of nitrogens with zero attached hydrogens (tertiary/aromatic N) is 4. The van der Waals surface area contributed by atoms with Gasteiger partial charge < -0.3 is 9.80 Å². The van der Waals surface area contributed by atoms with Gasteiger partial charge in [-0.05, 0) is 62.4 Å². The molecule has 0 aliphatic carbocycles. The first-order valence-electron chi connectivity index (χ1n) is 9.56. The summed E-state index contributed by atoms with van der Waals surface area (Å²) in [5, 5.41) is 4.50. The highest BCUT2D eigenvalue weighted by atomic mass is 19.1. The molecule has 1 saturated heterocycles. The number of rotatable bonds is 3. The van der Waals surface area contributed by atoms with Crippen molar-refractivity contribution in [3.8, 4) is 5.69 Å². The monoisotopic (exact) mass is 396 g/mol. The second kappa shape index (κ2) is 7.66. The van der Waals surface area contributed by atoms with E-state index in [1.165, 1.54) is 24.3 Å². The lowest BCUT2D eigenvalue weighted by Gasteiger charge is -2.36. The maximum atomic E-state index is 13.2. The van der Waals surface area contributed by atoms with Crippen LogP contribution in [0.3, 0.4) is 0 Å². The minimum atomic E-state index is -0.314. The third-order valence-corrected chi connectivity index (χ3v) is 5.34. The molecule has 0 spiro atoms. The average Bonchev–Trinajstić information content (AvgIpc) is 3.03. The molecule has 0 radical (unpaired) electrons. The molecule has 29 heavy (non-hydrogen) atoms. The van der Waals surface area contributed by atoms with E-state index in [0.29, 0.717) is 43.1 Å². The third kappa shape index (κ3) is 3.72. The zero-order valence-corrected chi connectivity index (χ0v) is 16.4. The van der Waals surface area contributed by atoms with Crippen LogP contribution in [0, 0.1) is 25.5 Å². The van der Waals surface area contributed by atoms with Crippen molar-refractivity contribution >= 4 is 11.6 Å². The molecule has 2 aromatic carbocycles. The Hall–Kier alpha value is -3.22. The summed E-state index contributed by atoms with van der Waals surface area (Å²) in [7, 11) is 0. The minimum Gasteiger partial charge on any atom is -0.368 e. The summed E-state index contributed by atoms with van der Waals surface area (Å²) in [6, 6.07) is 12.5. The van der Waals surface area contributed by atoms with Crippen LogP contribution in [0.2, 0.25) is 0 Å². The molecule has 1 amide bonds. The van der Waals surface area contributed by atoms with Crippen LogP contribution < -0.4 is 4.90 Å². The maximum absolute atomic E-state index is 13.2. The van der Waals surface area contributed by atoms with E-state index in [2.05, 4.69) is 10.00 Å². The van der Waals surface area contributed by atoms with Gasteiger partial charge in [0.05, 0.1) is 22.6 Å². The quantitative estimate of drug-likeness (QED) is 0.678. The summed E-state index contributed by atoms with van der Waals surface area (Å²) < 4.78 is 28.0. The van der Waals surface area contributed by atoms with Crippen LogP contribution in [0.4, 0.5) is 14.5 Å². The Morgan fingerprint density at radius 2 is 1.34 bits per heavy atom. The van der Waals surface area contributed by atoms with Crippen molar-refractivity contribution in [3.05, 3.63) is 77.1 Å². The lowest BCUT2D eigenvalue weighted by atomic mass is 10.1. The molecule has 0 N–H and O–H groups in total. The van der Waals surface area contributed by atoms with Gasteiger partial charge in [0.1, 0.15) is 11.6 Å². The summed E-state index contributed by atoms with van der Waals surface area (Å²) in [6.45, 7) is 6.19. The molecule has 1 fully saturated rings. The fourth-order valence-electron chi connectivity index (χ4n) is 3.76. The van der Waals surface area contributed by atoms with Crippen LogP contribution in [0.1, 0.15) is 21.7 Å². The van der Waals surface area contributed by atoms with Gasteiger partial charge in [-0.1, -0.05) is 0 Å². The highest BCUT2D eigenvalue weighted by molar-refractivity contribution is 5.96. The molecule has 4 rings (SSSR count). The van der Waals surface area contributed by atoms with Crippen molar-refractivity contribution in [3.63, 3.8) is 0 Å². The van der Waals surface area contributed by atoms with Crippen molar-refractivity contribution < 1.29 is 13.6 Å². The van der Waals surface area contributed by atoms with E-state index in [1.54, 1.807) is 28.9 Å². The number of aromatic nitrogens is 2. The van der Waals surface area contributed by atoms with Gasteiger partial charge in [-0.25, -0.2) is 13.5 Å².